The zero-order valence-corrected chi connectivity index (χ0v) is 6.94. The molecule has 0 aliphatic rings. The first kappa shape index (κ1) is 8.04. The molecule has 3 nitrogen and oxygen atoms in total. The fourth-order valence-electron chi connectivity index (χ4n) is 1.32. The molecule has 0 saturated carbocycles. The van der Waals surface area contributed by atoms with Crippen molar-refractivity contribution in [3.05, 3.63) is 42.5 Å². The van der Waals surface area contributed by atoms with Crippen LogP contribution in [0, 0.1) is 0 Å². The van der Waals surface area contributed by atoms with Crippen LogP contribution in [0.5, 0.6) is 5.75 Å². The van der Waals surface area contributed by atoms with Crippen LogP contribution in [0.15, 0.2) is 42.5 Å². The van der Waals surface area contributed by atoms with E-state index in [1.165, 1.54) is 0 Å². The van der Waals surface area contributed by atoms with Crippen LogP contribution in [-0.4, -0.2) is 0 Å². The van der Waals surface area contributed by atoms with Gasteiger partial charge >= 0.3 is 0 Å². The normalized spacial score (nSPS) is 10.2. The zero-order valence-electron chi connectivity index (χ0n) is 6.94. The highest BCUT2D eigenvalue weighted by Gasteiger charge is 2.00. The standard InChI is InChI=1S/C10H9NO2/c11-13-12-10-7-3-5-8-4-1-2-6-9(8)10/h1-7H,11H2. The van der Waals surface area contributed by atoms with Crippen LogP contribution >= 0.6 is 0 Å². The quantitative estimate of drug-likeness (QED) is 0.561. The average Bonchev–Trinajstić information content (AvgIpc) is 2.19. The second kappa shape index (κ2) is 3.43. The maximum atomic E-state index is 4.83. The number of hydrogen-bond acceptors (Lipinski definition) is 3. The van der Waals surface area contributed by atoms with Crippen molar-refractivity contribution in [2.75, 3.05) is 0 Å². The predicted molar refractivity (Wildman–Crippen MR) is 49.8 cm³/mol. The summed E-state index contributed by atoms with van der Waals surface area (Å²) in [5, 5.41) is 2.08. The molecule has 0 atom stereocenters. The number of rotatable bonds is 2. The van der Waals surface area contributed by atoms with Gasteiger partial charge in [-0.2, -0.15) is 5.90 Å². The minimum Gasteiger partial charge on any atom is -0.319 e. The predicted octanol–water partition coefficient (Wildman–Crippen LogP) is 2.02. The zero-order chi connectivity index (χ0) is 9.10. The molecule has 66 valence electrons. The Labute approximate surface area is 75.6 Å². The van der Waals surface area contributed by atoms with Gasteiger partial charge in [0.2, 0.25) is 0 Å². The van der Waals surface area contributed by atoms with Gasteiger partial charge in [0.05, 0.1) is 0 Å². The molecule has 0 spiro atoms. The van der Waals surface area contributed by atoms with E-state index in [-0.39, 0.29) is 0 Å². The van der Waals surface area contributed by atoms with E-state index in [9.17, 15) is 0 Å². The van der Waals surface area contributed by atoms with Gasteiger partial charge in [-0.15, -0.1) is 0 Å². The summed E-state index contributed by atoms with van der Waals surface area (Å²) in [5.74, 6) is 5.45. The minimum absolute atomic E-state index is 0.626. The Morgan fingerprint density at radius 1 is 0.923 bits per heavy atom. The van der Waals surface area contributed by atoms with Crippen molar-refractivity contribution >= 4 is 10.8 Å². The van der Waals surface area contributed by atoms with E-state index in [0.29, 0.717) is 5.75 Å². The smallest absolute Gasteiger partial charge is 0.175 e. The molecule has 0 fully saturated rings. The molecular weight excluding hydrogens is 166 g/mol. The number of hydrogen-bond donors (Lipinski definition) is 1. The largest absolute Gasteiger partial charge is 0.319 e. The Kier molecular flexibility index (Phi) is 2.12. The van der Waals surface area contributed by atoms with E-state index < -0.39 is 0 Å². The highest BCUT2D eigenvalue weighted by atomic mass is 17.3. The second-order valence-electron chi connectivity index (χ2n) is 2.66. The van der Waals surface area contributed by atoms with Crippen LogP contribution in [-0.2, 0) is 4.99 Å². The Morgan fingerprint density at radius 2 is 1.69 bits per heavy atom. The third kappa shape index (κ3) is 1.47. The summed E-state index contributed by atoms with van der Waals surface area (Å²) in [5.41, 5.74) is 0. The average molecular weight is 175 g/mol. The van der Waals surface area contributed by atoms with E-state index in [0.717, 1.165) is 10.8 Å². The highest BCUT2D eigenvalue weighted by Crippen LogP contribution is 2.24. The van der Waals surface area contributed by atoms with Crippen LogP contribution < -0.4 is 10.8 Å². The molecule has 0 amide bonds. The van der Waals surface area contributed by atoms with Crippen molar-refractivity contribution in [1.82, 2.24) is 0 Å². The Bertz CT molecular complexity index is 409. The molecule has 0 aromatic heterocycles. The fourth-order valence-corrected chi connectivity index (χ4v) is 1.32. The van der Waals surface area contributed by atoms with Crippen molar-refractivity contribution in [2.24, 2.45) is 5.90 Å². The minimum atomic E-state index is 0.626. The van der Waals surface area contributed by atoms with Gasteiger partial charge in [0, 0.05) is 5.39 Å². The van der Waals surface area contributed by atoms with E-state index in [1.807, 2.05) is 36.4 Å². The molecule has 13 heavy (non-hydrogen) atoms. The lowest BCUT2D eigenvalue weighted by molar-refractivity contribution is -0.210. The van der Waals surface area contributed by atoms with E-state index in [1.54, 1.807) is 6.07 Å². The molecule has 3 heteroatoms. The third-order valence-electron chi connectivity index (χ3n) is 1.89. The first-order valence-corrected chi connectivity index (χ1v) is 3.93. The second-order valence-corrected chi connectivity index (χ2v) is 2.66. The third-order valence-corrected chi connectivity index (χ3v) is 1.89. The van der Waals surface area contributed by atoms with Gasteiger partial charge in [-0.25, -0.2) is 0 Å². The van der Waals surface area contributed by atoms with Gasteiger partial charge in [0.25, 0.3) is 0 Å². The monoisotopic (exact) mass is 175 g/mol. The van der Waals surface area contributed by atoms with Crippen LogP contribution in [0.1, 0.15) is 0 Å². The van der Waals surface area contributed by atoms with E-state index in [4.69, 9.17) is 10.8 Å². The lowest BCUT2D eigenvalue weighted by Gasteiger charge is -2.03. The van der Waals surface area contributed by atoms with Crippen LogP contribution in [0.3, 0.4) is 0 Å². The molecule has 2 rings (SSSR count). The number of nitrogens with two attached hydrogens (primary N) is 1. The number of benzene rings is 2. The molecule has 0 heterocycles. The van der Waals surface area contributed by atoms with Gasteiger partial charge in [0.15, 0.2) is 5.75 Å². The first-order chi connectivity index (χ1) is 6.42. The van der Waals surface area contributed by atoms with Gasteiger partial charge in [-0.05, 0) is 11.5 Å². The molecular formula is C10H9NO2. The Morgan fingerprint density at radius 3 is 2.54 bits per heavy atom. The molecule has 0 aliphatic heterocycles. The Hall–Kier alpha value is -1.58. The Balaban J connectivity index is 2.61. The van der Waals surface area contributed by atoms with Crippen molar-refractivity contribution < 1.29 is 9.88 Å². The van der Waals surface area contributed by atoms with E-state index >= 15 is 0 Å². The molecule has 0 aliphatic carbocycles. The van der Waals surface area contributed by atoms with Gasteiger partial charge in [-0.1, -0.05) is 41.4 Å². The van der Waals surface area contributed by atoms with Gasteiger partial charge < -0.3 is 4.89 Å². The first-order valence-electron chi connectivity index (χ1n) is 3.93. The summed E-state index contributed by atoms with van der Waals surface area (Å²) in [6, 6.07) is 13.5. The summed E-state index contributed by atoms with van der Waals surface area (Å²) in [6.45, 7) is 0. The molecule has 0 saturated heterocycles. The van der Waals surface area contributed by atoms with Crippen molar-refractivity contribution in [3.63, 3.8) is 0 Å². The van der Waals surface area contributed by atoms with Crippen molar-refractivity contribution in [2.45, 2.75) is 0 Å². The lowest BCUT2D eigenvalue weighted by Crippen LogP contribution is -2.03. The highest BCUT2D eigenvalue weighted by molar-refractivity contribution is 5.88. The molecule has 0 radical (unpaired) electrons. The van der Waals surface area contributed by atoms with Crippen LogP contribution in [0.2, 0.25) is 0 Å². The van der Waals surface area contributed by atoms with Gasteiger partial charge in [0.1, 0.15) is 0 Å². The SMILES string of the molecule is NOOc1cccc2ccccc12. The molecule has 2 N–H and O–H groups in total. The summed E-state index contributed by atoms with van der Waals surface area (Å²) in [4.78, 5) is 8.93. The number of fused-ring (bicyclic) bond motifs is 1. The van der Waals surface area contributed by atoms with Crippen molar-refractivity contribution in [3.8, 4) is 5.75 Å². The van der Waals surface area contributed by atoms with E-state index in [2.05, 4.69) is 4.99 Å². The van der Waals surface area contributed by atoms with Gasteiger partial charge in [-0.3, -0.25) is 0 Å². The van der Waals surface area contributed by atoms with Crippen LogP contribution in [0.4, 0.5) is 0 Å². The maximum absolute atomic E-state index is 4.83. The summed E-state index contributed by atoms with van der Waals surface area (Å²) < 4.78 is 0. The fraction of sp³-hybridized carbons (Fsp3) is 0. The topological polar surface area (TPSA) is 44.5 Å². The molecule has 0 unspecified atom stereocenters. The molecule has 2 aromatic carbocycles. The van der Waals surface area contributed by atoms with Crippen molar-refractivity contribution in [1.29, 1.82) is 0 Å². The lowest BCUT2D eigenvalue weighted by atomic mass is 10.1. The summed E-state index contributed by atoms with van der Waals surface area (Å²) >= 11 is 0. The molecule has 0 bridgehead atoms. The van der Waals surface area contributed by atoms with Crippen LogP contribution in [0.25, 0.3) is 10.8 Å². The summed E-state index contributed by atoms with van der Waals surface area (Å²) in [7, 11) is 0. The summed E-state index contributed by atoms with van der Waals surface area (Å²) in [6.07, 6.45) is 0. The molecule has 2 aromatic rings. The maximum Gasteiger partial charge on any atom is 0.175 e.